The number of carbonyl (C=O) groups is 1. The van der Waals surface area contributed by atoms with Gasteiger partial charge in [0, 0.05) is 4.47 Å². The molecule has 1 aromatic rings. The number of benzene rings is 1. The number of hydrogen-bond acceptors (Lipinski definition) is 2. The minimum absolute atomic E-state index is 0.163. The largest absolute Gasteiger partial charge is 0.268 e. The lowest BCUT2D eigenvalue weighted by atomic mass is 10.2. The maximum atomic E-state index is 13.0. The highest BCUT2D eigenvalue weighted by Gasteiger charge is 2.14. The zero-order valence-electron chi connectivity index (χ0n) is 6.34. The van der Waals surface area contributed by atoms with Crippen LogP contribution in [0.1, 0.15) is 10.4 Å². The highest BCUT2D eigenvalue weighted by Crippen LogP contribution is 2.18. The number of carbonyl (C=O) groups excluding carboxylic acids is 1. The van der Waals surface area contributed by atoms with Gasteiger partial charge in [0.2, 0.25) is 0 Å². The predicted octanol–water partition coefficient (Wildman–Crippen LogP) is 1.80. The van der Waals surface area contributed by atoms with Crippen LogP contribution < -0.4 is 5.32 Å². The van der Waals surface area contributed by atoms with E-state index in [9.17, 15) is 9.18 Å². The molecule has 0 heterocycles. The van der Waals surface area contributed by atoms with Gasteiger partial charge in [-0.05, 0) is 28.1 Å². The first kappa shape index (κ1) is 9.68. The first-order valence-corrected chi connectivity index (χ1v) is 4.09. The summed E-state index contributed by atoms with van der Waals surface area (Å²) >= 11 is 3.01. The van der Waals surface area contributed by atoms with Crippen molar-refractivity contribution in [3.05, 3.63) is 34.1 Å². The second-order valence-electron chi connectivity index (χ2n) is 2.16. The maximum absolute atomic E-state index is 13.0. The highest BCUT2D eigenvalue weighted by atomic mass is 79.9. The van der Waals surface area contributed by atoms with Crippen LogP contribution in [0.5, 0.6) is 0 Å². The van der Waals surface area contributed by atoms with E-state index in [4.69, 9.17) is 5.26 Å². The summed E-state index contributed by atoms with van der Waals surface area (Å²) in [5.41, 5.74) is -0.163. The Morgan fingerprint density at radius 1 is 1.62 bits per heavy atom. The van der Waals surface area contributed by atoms with E-state index < -0.39 is 11.7 Å². The smallest absolute Gasteiger partial charge is 0.268 e. The summed E-state index contributed by atoms with van der Waals surface area (Å²) < 4.78 is 13.3. The molecule has 0 aliphatic heterocycles. The average molecular weight is 243 g/mol. The van der Waals surface area contributed by atoms with Crippen LogP contribution >= 0.6 is 15.9 Å². The van der Waals surface area contributed by atoms with Crippen LogP contribution in [0.3, 0.4) is 0 Å². The number of hydrogen-bond donors (Lipinski definition) is 1. The van der Waals surface area contributed by atoms with Crippen molar-refractivity contribution in [2.24, 2.45) is 0 Å². The van der Waals surface area contributed by atoms with Gasteiger partial charge in [-0.3, -0.25) is 10.1 Å². The molecule has 0 atom stereocenters. The molecule has 0 unspecified atom stereocenters. The number of amides is 1. The van der Waals surface area contributed by atoms with Crippen molar-refractivity contribution in [1.82, 2.24) is 5.32 Å². The Morgan fingerprint density at radius 3 is 2.85 bits per heavy atom. The molecule has 0 saturated heterocycles. The van der Waals surface area contributed by atoms with E-state index in [1.165, 1.54) is 18.3 Å². The molecule has 0 aliphatic rings. The van der Waals surface area contributed by atoms with Gasteiger partial charge in [0.15, 0.2) is 6.19 Å². The predicted molar refractivity (Wildman–Crippen MR) is 47.2 cm³/mol. The van der Waals surface area contributed by atoms with Crippen LogP contribution in [0.15, 0.2) is 22.7 Å². The maximum Gasteiger partial charge on any atom is 0.268 e. The van der Waals surface area contributed by atoms with Crippen molar-refractivity contribution in [2.45, 2.75) is 0 Å². The van der Waals surface area contributed by atoms with Crippen molar-refractivity contribution in [2.75, 3.05) is 0 Å². The molecule has 3 nitrogen and oxygen atoms in total. The molecule has 0 aliphatic carbocycles. The lowest BCUT2D eigenvalue weighted by Crippen LogP contribution is -2.19. The van der Waals surface area contributed by atoms with Gasteiger partial charge in [-0.1, -0.05) is 6.07 Å². The number of halogens is 2. The van der Waals surface area contributed by atoms with Crippen LogP contribution in [-0.4, -0.2) is 5.91 Å². The molecule has 0 aromatic heterocycles. The molecule has 0 radical (unpaired) electrons. The van der Waals surface area contributed by atoms with Gasteiger partial charge < -0.3 is 0 Å². The van der Waals surface area contributed by atoms with Crippen LogP contribution in [0.2, 0.25) is 0 Å². The molecule has 1 amide bonds. The Morgan fingerprint density at radius 2 is 2.31 bits per heavy atom. The summed E-state index contributed by atoms with van der Waals surface area (Å²) in [5.74, 6) is -1.42. The van der Waals surface area contributed by atoms with E-state index in [1.807, 2.05) is 5.32 Å². The van der Waals surface area contributed by atoms with Gasteiger partial charge >= 0.3 is 0 Å². The Kier molecular flexibility index (Phi) is 2.98. The van der Waals surface area contributed by atoms with Gasteiger partial charge in [0.25, 0.3) is 5.91 Å². The van der Waals surface area contributed by atoms with Crippen molar-refractivity contribution < 1.29 is 9.18 Å². The van der Waals surface area contributed by atoms with Crippen LogP contribution in [-0.2, 0) is 0 Å². The lowest BCUT2D eigenvalue weighted by molar-refractivity contribution is 0.0968. The van der Waals surface area contributed by atoms with E-state index in [0.29, 0.717) is 4.47 Å². The summed E-state index contributed by atoms with van der Waals surface area (Å²) in [7, 11) is 0. The van der Waals surface area contributed by atoms with Crippen molar-refractivity contribution >= 4 is 21.8 Å². The lowest BCUT2D eigenvalue weighted by Gasteiger charge is -2.01. The summed E-state index contributed by atoms with van der Waals surface area (Å²) in [6.07, 6.45) is 1.43. The second kappa shape index (κ2) is 4.01. The normalized spacial score (nSPS) is 9.00. The minimum atomic E-state index is -0.757. The monoisotopic (exact) mass is 242 g/mol. The molecule has 1 rings (SSSR count). The molecule has 66 valence electrons. The van der Waals surface area contributed by atoms with E-state index in [0.717, 1.165) is 6.07 Å². The molecule has 0 fully saturated rings. The average Bonchev–Trinajstić information content (AvgIpc) is 2.04. The van der Waals surface area contributed by atoms with Crippen molar-refractivity contribution in [3.63, 3.8) is 0 Å². The molecule has 0 bridgehead atoms. The molecule has 0 saturated carbocycles. The van der Waals surface area contributed by atoms with E-state index in [1.54, 1.807) is 0 Å². The molecular weight excluding hydrogens is 239 g/mol. The fourth-order valence-electron chi connectivity index (χ4n) is 0.828. The van der Waals surface area contributed by atoms with Crippen molar-refractivity contribution in [1.29, 1.82) is 5.26 Å². The van der Waals surface area contributed by atoms with Gasteiger partial charge in [-0.25, -0.2) is 4.39 Å². The van der Waals surface area contributed by atoms with Gasteiger partial charge in [-0.15, -0.1) is 0 Å². The Labute approximate surface area is 82.3 Å². The third-order valence-electron chi connectivity index (χ3n) is 1.36. The van der Waals surface area contributed by atoms with Gasteiger partial charge in [0.1, 0.15) is 5.82 Å². The number of nitrogens with zero attached hydrogens (tertiary/aromatic N) is 1. The zero-order chi connectivity index (χ0) is 9.84. The third-order valence-corrected chi connectivity index (χ3v) is 2.02. The number of nitrogens with one attached hydrogen (secondary N) is 1. The fraction of sp³-hybridized carbons (Fsp3) is 0. The highest BCUT2D eigenvalue weighted by molar-refractivity contribution is 9.10. The van der Waals surface area contributed by atoms with Crippen LogP contribution in [0, 0.1) is 17.3 Å². The van der Waals surface area contributed by atoms with Crippen molar-refractivity contribution in [3.8, 4) is 6.19 Å². The number of nitriles is 1. The molecular formula is C8H4BrFN2O. The molecule has 13 heavy (non-hydrogen) atoms. The minimum Gasteiger partial charge on any atom is -0.268 e. The van der Waals surface area contributed by atoms with Gasteiger partial charge in [-0.2, -0.15) is 5.26 Å². The second-order valence-corrected chi connectivity index (χ2v) is 3.02. The summed E-state index contributed by atoms with van der Waals surface area (Å²) in [6.45, 7) is 0. The molecule has 0 spiro atoms. The van der Waals surface area contributed by atoms with E-state index >= 15 is 0 Å². The SMILES string of the molecule is N#CNC(=O)c1c(F)cccc1Br. The topological polar surface area (TPSA) is 52.9 Å². The quantitative estimate of drug-likeness (QED) is 0.603. The van der Waals surface area contributed by atoms with E-state index in [2.05, 4.69) is 15.9 Å². The Bertz CT molecular complexity index is 366. The van der Waals surface area contributed by atoms with Crippen LogP contribution in [0.4, 0.5) is 4.39 Å². The molecule has 1 N–H and O–H groups in total. The Balaban J connectivity index is 3.14. The Hall–Kier alpha value is -1.41. The molecule has 1 aromatic carbocycles. The van der Waals surface area contributed by atoms with Gasteiger partial charge in [0.05, 0.1) is 5.56 Å². The third kappa shape index (κ3) is 2.04. The standard InChI is InChI=1S/C8H4BrFN2O/c9-5-2-1-3-6(10)7(5)8(13)12-4-11/h1-3H,(H,12,13). The van der Waals surface area contributed by atoms with E-state index in [-0.39, 0.29) is 5.56 Å². The zero-order valence-corrected chi connectivity index (χ0v) is 7.93. The number of rotatable bonds is 1. The summed E-state index contributed by atoms with van der Waals surface area (Å²) in [4.78, 5) is 11.1. The summed E-state index contributed by atoms with van der Waals surface area (Å²) in [6, 6.07) is 4.13. The first-order valence-electron chi connectivity index (χ1n) is 3.30. The fourth-order valence-corrected chi connectivity index (χ4v) is 1.35. The summed E-state index contributed by atoms with van der Waals surface area (Å²) in [5, 5.41) is 10.0. The molecule has 5 heteroatoms. The van der Waals surface area contributed by atoms with Crippen LogP contribution in [0.25, 0.3) is 0 Å². The first-order chi connectivity index (χ1) is 6.16.